The molecule has 0 heterocycles. The Morgan fingerprint density at radius 2 is 1.65 bits per heavy atom. The maximum Gasteiger partial charge on any atom is 0.255 e. The van der Waals surface area contributed by atoms with Gasteiger partial charge in [-0.1, -0.05) is 30.3 Å². The SMILES string of the molecule is Cl.N[C@@H]1C[C@H]1c1ccc(C(=O)Nc2ccccc2)cc1. The van der Waals surface area contributed by atoms with E-state index in [1.165, 1.54) is 5.56 Å². The van der Waals surface area contributed by atoms with Crippen molar-refractivity contribution in [2.75, 3.05) is 5.32 Å². The highest BCUT2D eigenvalue weighted by Gasteiger charge is 2.34. The smallest absolute Gasteiger partial charge is 0.255 e. The van der Waals surface area contributed by atoms with Crippen molar-refractivity contribution >= 4 is 24.0 Å². The Kier molecular flexibility index (Phi) is 4.42. The molecule has 0 bridgehead atoms. The number of amides is 1. The molecule has 1 fully saturated rings. The van der Waals surface area contributed by atoms with Crippen molar-refractivity contribution in [3.8, 4) is 0 Å². The third kappa shape index (κ3) is 3.18. The third-order valence-corrected chi connectivity index (χ3v) is 3.47. The Hall–Kier alpha value is -1.84. The van der Waals surface area contributed by atoms with Gasteiger partial charge < -0.3 is 11.1 Å². The quantitative estimate of drug-likeness (QED) is 0.911. The summed E-state index contributed by atoms with van der Waals surface area (Å²) in [4.78, 5) is 12.0. The Morgan fingerprint density at radius 1 is 1.05 bits per heavy atom. The summed E-state index contributed by atoms with van der Waals surface area (Å²) in [6.07, 6.45) is 1.05. The van der Waals surface area contributed by atoms with Crippen LogP contribution in [0.3, 0.4) is 0 Å². The zero-order valence-corrected chi connectivity index (χ0v) is 11.8. The van der Waals surface area contributed by atoms with E-state index in [4.69, 9.17) is 5.73 Å². The van der Waals surface area contributed by atoms with Crippen molar-refractivity contribution in [1.82, 2.24) is 0 Å². The Morgan fingerprint density at radius 3 is 2.20 bits per heavy atom. The maximum absolute atomic E-state index is 12.0. The number of hydrogen-bond acceptors (Lipinski definition) is 2. The molecule has 0 saturated heterocycles. The van der Waals surface area contributed by atoms with Crippen LogP contribution in [-0.4, -0.2) is 11.9 Å². The van der Waals surface area contributed by atoms with Crippen LogP contribution >= 0.6 is 12.4 Å². The number of benzene rings is 2. The number of nitrogens with two attached hydrogens (primary N) is 1. The average molecular weight is 289 g/mol. The molecule has 3 N–H and O–H groups in total. The van der Waals surface area contributed by atoms with E-state index in [2.05, 4.69) is 5.32 Å². The van der Waals surface area contributed by atoms with Gasteiger partial charge in [0, 0.05) is 23.2 Å². The molecule has 2 aromatic carbocycles. The molecule has 20 heavy (non-hydrogen) atoms. The van der Waals surface area contributed by atoms with Crippen molar-refractivity contribution < 1.29 is 4.79 Å². The largest absolute Gasteiger partial charge is 0.327 e. The second kappa shape index (κ2) is 6.07. The molecule has 0 radical (unpaired) electrons. The first-order valence-electron chi connectivity index (χ1n) is 6.46. The molecule has 0 aromatic heterocycles. The average Bonchev–Trinajstić information content (AvgIpc) is 3.17. The molecule has 3 rings (SSSR count). The van der Waals surface area contributed by atoms with Gasteiger partial charge in [-0.05, 0) is 36.2 Å². The number of para-hydroxylation sites is 1. The first kappa shape index (κ1) is 14.6. The minimum Gasteiger partial charge on any atom is -0.327 e. The minimum absolute atomic E-state index is 0. The molecule has 0 aliphatic heterocycles. The van der Waals surface area contributed by atoms with Crippen molar-refractivity contribution in [2.24, 2.45) is 5.73 Å². The molecule has 2 atom stereocenters. The molecule has 4 heteroatoms. The summed E-state index contributed by atoms with van der Waals surface area (Å²) in [5.74, 6) is 0.393. The number of carbonyl (C=O) groups excluding carboxylic acids is 1. The lowest BCUT2D eigenvalue weighted by Crippen LogP contribution is -2.11. The zero-order chi connectivity index (χ0) is 13.2. The summed E-state index contributed by atoms with van der Waals surface area (Å²) in [7, 11) is 0. The molecule has 1 aliphatic rings. The molecule has 1 amide bonds. The predicted molar refractivity (Wildman–Crippen MR) is 83.4 cm³/mol. The van der Waals surface area contributed by atoms with Gasteiger partial charge >= 0.3 is 0 Å². The fourth-order valence-electron chi connectivity index (χ4n) is 2.20. The Balaban J connectivity index is 0.00000147. The normalized spacial score (nSPS) is 19.9. The van der Waals surface area contributed by atoms with Gasteiger partial charge in [-0.3, -0.25) is 4.79 Å². The van der Waals surface area contributed by atoms with Crippen LogP contribution in [0.25, 0.3) is 0 Å². The highest BCUT2D eigenvalue weighted by Crippen LogP contribution is 2.38. The highest BCUT2D eigenvalue weighted by atomic mass is 35.5. The van der Waals surface area contributed by atoms with E-state index in [1.54, 1.807) is 0 Å². The molecule has 1 aliphatic carbocycles. The first-order chi connectivity index (χ1) is 9.24. The van der Waals surface area contributed by atoms with Gasteiger partial charge in [-0.25, -0.2) is 0 Å². The van der Waals surface area contributed by atoms with Crippen LogP contribution in [0.1, 0.15) is 28.3 Å². The molecule has 2 aromatic rings. The summed E-state index contributed by atoms with van der Waals surface area (Å²) in [5, 5.41) is 2.87. The predicted octanol–water partition coefficient (Wildman–Crippen LogP) is 3.18. The lowest BCUT2D eigenvalue weighted by atomic mass is 10.1. The van der Waals surface area contributed by atoms with Crippen LogP contribution in [0.4, 0.5) is 5.69 Å². The van der Waals surface area contributed by atoms with Crippen LogP contribution < -0.4 is 11.1 Å². The molecule has 104 valence electrons. The number of halogens is 1. The van der Waals surface area contributed by atoms with E-state index < -0.39 is 0 Å². The number of rotatable bonds is 3. The molecule has 1 saturated carbocycles. The van der Waals surface area contributed by atoms with Crippen LogP contribution in [0, 0.1) is 0 Å². The fourth-order valence-corrected chi connectivity index (χ4v) is 2.20. The van der Waals surface area contributed by atoms with Gasteiger partial charge in [0.1, 0.15) is 0 Å². The topological polar surface area (TPSA) is 55.1 Å². The van der Waals surface area contributed by atoms with Crippen LogP contribution in [-0.2, 0) is 0 Å². The summed E-state index contributed by atoms with van der Waals surface area (Å²) < 4.78 is 0. The number of carbonyl (C=O) groups is 1. The number of anilines is 1. The van der Waals surface area contributed by atoms with Gasteiger partial charge in [0.05, 0.1) is 0 Å². The highest BCUT2D eigenvalue weighted by molar-refractivity contribution is 6.04. The Labute approximate surface area is 124 Å². The summed E-state index contributed by atoms with van der Waals surface area (Å²) in [6, 6.07) is 17.5. The van der Waals surface area contributed by atoms with Gasteiger partial charge in [0.15, 0.2) is 0 Å². The summed E-state index contributed by atoms with van der Waals surface area (Å²) >= 11 is 0. The molecule has 0 unspecified atom stereocenters. The second-order valence-corrected chi connectivity index (χ2v) is 4.95. The van der Waals surface area contributed by atoms with Gasteiger partial charge in [0.2, 0.25) is 0 Å². The maximum atomic E-state index is 12.0. The Bertz CT molecular complexity index is 583. The van der Waals surface area contributed by atoms with E-state index >= 15 is 0 Å². The molecule has 0 spiro atoms. The fraction of sp³-hybridized carbons (Fsp3) is 0.188. The van der Waals surface area contributed by atoms with E-state index in [0.29, 0.717) is 17.5 Å². The van der Waals surface area contributed by atoms with Crippen molar-refractivity contribution in [1.29, 1.82) is 0 Å². The molecular weight excluding hydrogens is 272 g/mol. The lowest BCUT2D eigenvalue weighted by Gasteiger charge is -2.06. The van der Waals surface area contributed by atoms with Crippen molar-refractivity contribution in [3.05, 3.63) is 65.7 Å². The number of hydrogen-bond donors (Lipinski definition) is 2. The first-order valence-corrected chi connectivity index (χ1v) is 6.46. The molecular formula is C16H17ClN2O. The summed E-state index contributed by atoms with van der Waals surface area (Å²) in [6.45, 7) is 0. The number of nitrogens with one attached hydrogen (secondary N) is 1. The third-order valence-electron chi connectivity index (χ3n) is 3.47. The minimum atomic E-state index is -0.0853. The van der Waals surface area contributed by atoms with E-state index in [-0.39, 0.29) is 18.3 Å². The standard InChI is InChI=1S/C16H16N2O.ClH/c17-15-10-14(15)11-6-8-12(9-7-11)16(19)18-13-4-2-1-3-5-13;/h1-9,14-15H,10,17H2,(H,18,19);1H/t14-,15+;/m0./s1. The van der Waals surface area contributed by atoms with Crippen molar-refractivity contribution in [3.63, 3.8) is 0 Å². The summed E-state index contributed by atoms with van der Waals surface area (Å²) in [5.41, 5.74) is 8.52. The van der Waals surface area contributed by atoms with Gasteiger partial charge in [-0.2, -0.15) is 0 Å². The van der Waals surface area contributed by atoms with Crippen molar-refractivity contribution in [2.45, 2.75) is 18.4 Å². The van der Waals surface area contributed by atoms with E-state index in [9.17, 15) is 4.79 Å². The van der Waals surface area contributed by atoms with E-state index in [0.717, 1.165) is 12.1 Å². The van der Waals surface area contributed by atoms with Gasteiger partial charge in [0.25, 0.3) is 5.91 Å². The lowest BCUT2D eigenvalue weighted by molar-refractivity contribution is 0.102. The van der Waals surface area contributed by atoms with Crippen LogP contribution in [0.15, 0.2) is 54.6 Å². The zero-order valence-electron chi connectivity index (χ0n) is 11.0. The molecule has 3 nitrogen and oxygen atoms in total. The second-order valence-electron chi connectivity index (χ2n) is 4.95. The van der Waals surface area contributed by atoms with Gasteiger partial charge in [-0.15, -0.1) is 12.4 Å². The van der Waals surface area contributed by atoms with Crippen LogP contribution in [0.5, 0.6) is 0 Å². The van der Waals surface area contributed by atoms with Crippen LogP contribution in [0.2, 0.25) is 0 Å². The van der Waals surface area contributed by atoms with E-state index in [1.807, 2.05) is 54.6 Å². The monoisotopic (exact) mass is 288 g/mol.